The van der Waals surface area contributed by atoms with Crippen LogP contribution in [-0.2, 0) is 0 Å². The lowest BCUT2D eigenvalue weighted by Crippen LogP contribution is -2.42. The molecule has 88 valence electrons. The van der Waals surface area contributed by atoms with Crippen molar-refractivity contribution in [3.63, 3.8) is 0 Å². The molecule has 1 aliphatic heterocycles. The van der Waals surface area contributed by atoms with E-state index in [0.29, 0.717) is 6.04 Å². The molecule has 1 aromatic carbocycles. The average molecular weight is 220 g/mol. The van der Waals surface area contributed by atoms with Gasteiger partial charge in [-0.3, -0.25) is 0 Å². The Balaban J connectivity index is 2.11. The van der Waals surface area contributed by atoms with Crippen molar-refractivity contribution in [2.24, 2.45) is 0 Å². The number of benzene rings is 1. The Bertz CT molecular complexity index is 321. The molecule has 0 radical (unpaired) electrons. The highest BCUT2D eigenvalue weighted by molar-refractivity contribution is 5.36. The summed E-state index contributed by atoms with van der Waals surface area (Å²) in [5, 5.41) is 6.91. The van der Waals surface area contributed by atoms with E-state index in [2.05, 4.69) is 35.8 Å². The maximum absolute atomic E-state index is 5.77. The predicted molar refractivity (Wildman–Crippen MR) is 65.8 cm³/mol. The Hall–Kier alpha value is -1.06. The summed E-state index contributed by atoms with van der Waals surface area (Å²) in [5.74, 6) is 1.02. The van der Waals surface area contributed by atoms with E-state index in [4.69, 9.17) is 4.74 Å². The van der Waals surface area contributed by atoms with Gasteiger partial charge in [-0.2, -0.15) is 0 Å². The van der Waals surface area contributed by atoms with E-state index in [-0.39, 0.29) is 0 Å². The van der Waals surface area contributed by atoms with Crippen LogP contribution in [0.1, 0.15) is 24.9 Å². The third kappa shape index (κ3) is 2.74. The van der Waals surface area contributed by atoms with Crippen LogP contribution in [0.15, 0.2) is 24.3 Å². The molecule has 1 fully saturated rings. The lowest BCUT2D eigenvalue weighted by Gasteiger charge is -2.26. The van der Waals surface area contributed by atoms with Crippen LogP contribution < -0.4 is 15.4 Å². The molecule has 1 saturated heterocycles. The van der Waals surface area contributed by atoms with E-state index in [1.807, 2.05) is 6.07 Å². The van der Waals surface area contributed by atoms with E-state index < -0.39 is 0 Å². The summed E-state index contributed by atoms with van der Waals surface area (Å²) < 4.78 is 5.77. The van der Waals surface area contributed by atoms with Crippen molar-refractivity contribution in [3.05, 3.63) is 29.8 Å². The molecule has 1 aromatic rings. The first kappa shape index (κ1) is 11.4. The molecule has 0 amide bonds. The molecular weight excluding hydrogens is 200 g/mol. The Labute approximate surface area is 97.2 Å². The first-order valence-electron chi connectivity index (χ1n) is 6.07. The molecule has 0 aromatic heterocycles. The number of hydrogen-bond acceptors (Lipinski definition) is 3. The second-order valence-electron chi connectivity index (χ2n) is 4.10. The van der Waals surface area contributed by atoms with Crippen molar-refractivity contribution < 1.29 is 4.74 Å². The zero-order chi connectivity index (χ0) is 11.2. The second kappa shape index (κ2) is 5.87. The molecule has 0 spiro atoms. The minimum atomic E-state index is 0.377. The fourth-order valence-corrected chi connectivity index (χ4v) is 1.99. The standard InChI is InChI=1S/C13H20N2O/c1-2-9-16-13-6-4-3-5-11(13)12-10-14-7-8-15-12/h3-6,12,14-15H,2,7-10H2,1H3. The minimum absolute atomic E-state index is 0.377. The van der Waals surface area contributed by atoms with Crippen LogP contribution in [0, 0.1) is 0 Å². The number of hydrogen-bond donors (Lipinski definition) is 2. The maximum atomic E-state index is 5.77. The number of piperazine rings is 1. The molecule has 2 N–H and O–H groups in total. The van der Waals surface area contributed by atoms with Crippen LogP contribution in [0.5, 0.6) is 5.75 Å². The molecule has 1 atom stereocenters. The Kier molecular flexibility index (Phi) is 4.19. The highest BCUT2D eigenvalue weighted by Gasteiger charge is 2.17. The van der Waals surface area contributed by atoms with Gasteiger partial charge < -0.3 is 15.4 Å². The van der Waals surface area contributed by atoms with E-state index in [1.54, 1.807) is 0 Å². The number of rotatable bonds is 4. The van der Waals surface area contributed by atoms with Crippen molar-refractivity contribution in [1.82, 2.24) is 10.6 Å². The zero-order valence-electron chi connectivity index (χ0n) is 9.83. The van der Waals surface area contributed by atoms with E-state index in [0.717, 1.165) is 38.4 Å². The predicted octanol–water partition coefficient (Wildman–Crippen LogP) is 1.71. The average Bonchev–Trinajstić information content (AvgIpc) is 2.38. The summed E-state index contributed by atoms with van der Waals surface area (Å²) in [5.41, 5.74) is 1.27. The summed E-state index contributed by atoms with van der Waals surface area (Å²) in [7, 11) is 0. The SMILES string of the molecule is CCCOc1ccccc1C1CNCCN1. The highest BCUT2D eigenvalue weighted by Crippen LogP contribution is 2.25. The van der Waals surface area contributed by atoms with Crippen molar-refractivity contribution in [1.29, 1.82) is 0 Å². The van der Waals surface area contributed by atoms with Crippen LogP contribution in [0.3, 0.4) is 0 Å². The molecule has 0 aliphatic carbocycles. The van der Waals surface area contributed by atoms with Crippen LogP contribution in [0.2, 0.25) is 0 Å². The number of para-hydroxylation sites is 1. The molecule has 0 saturated carbocycles. The summed E-state index contributed by atoms with van der Waals surface area (Å²) in [6, 6.07) is 8.69. The van der Waals surface area contributed by atoms with Gasteiger partial charge >= 0.3 is 0 Å². The Morgan fingerprint density at radius 1 is 1.31 bits per heavy atom. The first-order valence-corrected chi connectivity index (χ1v) is 6.07. The third-order valence-electron chi connectivity index (χ3n) is 2.80. The number of ether oxygens (including phenoxy) is 1. The van der Waals surface area contributed by atoms with Crippen LogP contribution in [0.4, 0.5) is 0 Å². The van der Waals surface area contributed by atoms with Gasteiger partial charge in [0.05, 0.1) is 6.61 Å². The van der Waals surface area contributed by atoms with Gasteiger partial charge in [-0.1, -0.05) is 25.1 Å². The molecule has 0 bridgehead atoms. The van der Waals surface area contributed by atoms with Gasteiger partial charge in [-0.15, -0.1) is 0 Å². The van der Waals surface area contributed by atoms with Crippen molar-refractivity contribution in [2.45, 2.75) is 19.4 Å². The van der Waals surface area contributed by atoms with Gasteiger partial charge in [-0.05, 0) is 12.5 Å². The van der Waals surface area contributed by atoms with Gasteiger partial charge in [-0.25, -0.2) is 0 Å². The van der Waals surface area contributed by atoms with E-state index >= 15 is 0 Å². The molecule has 1 heterocycles. The van der Waals surface area contributed by atoms with Crippen molar-refractivity contribution in [2.75, 3.05) is 26.2 Å². The van der Waals surface area contributed by atoms with Crippen LogP contribution in [-0.4, -0.2) is 26.2 Å². The van der Waals surface area contributed by atoms with Gasteiger partial charge in [0.2, 0.25) is 0 Å². The molecular formula is C13H20N2O. The normalized spacial score (nSPS) is 20.7. The smallest absolute Gasteiger partial charge is 0.124 e. The molecule has 16 heavy (non-hydrogen) atoms. The monoisotopic (exact) mass is 220 g/mol. The molecule has 3 nitrogen and oxygen atoms in total. The number of nitrogens with one attached hydrogen (secondary N) is 2. The fourth-order valence-electron chi connectivity index (χ4n) is 1.99. The summed E-state index contributed by atoms with van der Waals surface area (Å²) >= 11 is 0. The summed E-state index contributed by atoms with van der Waals surface area (Å²) in [6.45, 7) is 5.97. The second-order valence-corrected chi connectivity index (χ2v) is 4.10. The molecule has 3 heteroatoms. The third-order valence-corrected chi connectivity index (χ3v) is 2.80. The quantitative estimate of drug-likeness (QED) is 0.810. The fraction of sp³-hybridized carbons (Fsp3) is 0.538. The first-order chi connectivity index (χ1) is 7.92. The summed E-state index contributed by atoms with van der Waals surface area (Å²) in [6.07, 6.45) is 1.05. The van der Waals surface area contributed by atoms with E-state index in [1.165, 1.54) is 5.56 Å². The van der Waals surface area contributed by atoms with E-state index in [9.17, 15) is 0 Å². The lowest BCUT2D eigenvalue weighted by molar-refractivity contribution is 0.307. The Morgan fingerprint density at radius 2 is 2.19 bits per heavy atom. The Morgan fingerprint density at radius 3 is 2.94 bits per heavy atom. The zero-order valence-corrected chi connectivity index (χ0v) is 9.83. The molecule has 1 unspecified atom stereocenters. The summed E-state index contributed by atoms with van der Waals surface area (Å²) in [4.78, 5) is 0. The van der Waals surface area contributed by atoms with Gasteiger partial charge in [0, 0.05) is 31.2 Å². The van der Waals surface area contributed by atoms with Crippen LogP contribution >= 0.6 is 0 Å². The molecule has 2 rings (SSSR count). The van der Waals surface area contributed by atoms with Gasteiger partial charge in [0.25, 0.3) is 0 Å². The van der Waals surface area contributed by atoms with Gasteiger partial charge in [0.15, 0.2) is 0 Å². The maximum Gasteiger partial charge on any atom is 0.124 e. The van der Waals surface area contributed by atoms with Crippen LogP contribution in [0.25, 0.3) is 0 Å². The van der Waals surface area contributed by atoms with Crippen molar-refractivity contribution in [3.8, 4) is 5.75 Å². The van der Waals surface area contributed by atoms with Gasteiger partial charge in [0.1, 0.15) is 5.75 Å². The topological polar surface area (TPSA) is 33.3 Å². The molecule has 1 aliphatic rings. The van der Waals surface area contributed by atoms with Crippen molar-refractivity contribution >= 4 is 0 Å². The largest absolute Gasteiger partial charge is 0.493 e. The lowest BCUT2D eigenvalue weighted by atomic mass is 10.0. The highest BCUT2D eigenvalue weighted by atomic mass is 16.5. The minimum Gasteiger partial charge on any atom is -0.493 e.